The Bertz CT molecular complexity index is 1080. The Morgan fingerprint density at radius 2 is 1.89 bits per heavy atom. The van der Waals surface area contributed by atoms with Crippen LogP contribution in [-0.2, 0) is 0 Å². The number of hydrogen-bond acceptors (Lipinski definition) is 2. The Kier molecular flexibility index (Phi) is 5.05. The maximum Gasteiger partial charge on any atom is 0.199 e. The number of aromatic amines is 1. The first-order chi connectivity index (χ1) is 13.5. The predicted molar refractivity (Wildman–Crippen MR) is 113 cm³/mol. The van der Waals surface area contributed by atoms with Gasteiger partial charge >= 0.3 is 0 Å². The lowest BCUT2D eigenvalue weighted by atomic mass is 9.90. The SMILES string of the molecule is CC(C)n1ccnc1C(=O)C[C@@H](c1ccc(Cl)cc1)c1cc2ccccc2[nH]1. The fourth-order valence-electron chi connectivity index (χ4n) is 3.61. The van der Waals surface area contributed by atoms with Crippen LogP contribution in [-0.4, -0.2) is 20.3 Å². The molecule has 4 aromatic rings. The third-order valence-corrected chi connectivity index (χ3v) is 5.31. The second-order valence-corrected chi connectivity index (χ2v) is 7.73. The number of fused-ring (bicyclic) bond motifs is 1. The van der Waals surface area contributed by atoms with Crippen LogP contribution in [0.15, 0.2) is 67.0 Å². The number of ketones is 1. The van der Waals surface area contributed by atoms with E-state index in [4.69, 9.17) is 11.6 Å². The standard InChI is InChI=1S/C23H22ClN3O/c1-15(2)27-12-11-25-23(27)22(28)14-19(16-7-9-18(24)10-8-16)21-13-17-5-3-4-6-20(17)26-21/h3-13,15,19,26H,14H2,1-2H3/t19-/m0/s1. The van der Waals surface area contributed by atoms with Crippen LogP contribution in [0.5, 0.6) is 0 Å². The Labute approximate surface area is 169 Å². The van der Waals surface area contributed by atoms with E-state index in [2.05, 4.69) is 22.1 Å². The van der Waals surface area contributed by atoms with Crippen molar-refractivity contribution in [3.8, 4) is 0 Å². The number of hydrogen-bond donors (Lipinski definition) is 1. The highest BCUT2D eigenvalue weighted by molar-refractivity contribution is 6.30. The minimum Gasteiger partial charge on any atom is -0.358 e. The van der Waals surface area contributed by atoms with Crippen molar-refractivity contribution in [1.29, 1.82) is 0 Å². The highest BCUT2D eigenvalue weighted by Gasteiger charge is 2.24. The Hall–Kier alpha value is -2.85. The van der Waals surface area contributed by atoms with Crippen molar-refractivity contribution >= 4 is 28.3 Å². The highest BCUT2D eigenvalue weighted by Crippen LogP contribution is 2.32. The largest absolute Gasteiger partial charge is 0.358 e. The number of aromatic nitrogens is 3. The van der Waals surface area contributed by atoms with Gasteiger partial charge in [0.2, 0.25) is 0 Å². The number of imidazole rings is 1. The first-order valence-electron chi connectivity index (χ1n) is 9.42. The van der Waals surface area contributed by atoms with Crippen LogP contribution in [0.2, 0.25) is 5.02 Å². The van der Waals surface area contributed by atoms with Gasteiger partial charge in [-0.05, 0) is 49.1 Å². The summed E-state index contributed by atoms with van der Waals surface area (Å²) < 4.78 is 1.92. The van der Waals surface area contributed by atoms with E-state index < -0.39 is 0 Å². The molecule has 28 heavy (non-hydrogen) atoms. The summed E-state index contributed by atoms with van der Waals surface area (Å²) in [6, 6.07) is 18.2. The van der Waals surface area contributed by atoms with Gasteiger partial charge in [-0.25, -0.2) is 4.98 Å². The Morgan fingerprint density at radius 1 is 1.14 bits per heavy atom. The van der Waals surface area contributed by atoms with Gasteiger partial charge in [-0.15, -0.1) is 0 Å². The van der Waals surface area contributed by atoms with Crippen LogP contribution >= 0.6 is 11.6 Å². The van der Waals surface area contributed by atoms with Crippen LogP contribution < -0.4 is 0 Å². The molecule has 5 heteroatoms. The second-order valence-electron chi connectivity index (χ2n) is 7.30. The maximum atomic E-state index is 13.1. The first kappa shape index (κ1) is 18.5. The lowest BCUT2D eigenvalue weighted by molar-refractivity contribution is 0.0961. The van der Waals surface area contributed by atoms with Crippen molar-refractivity contribution < 1.29 is 4.79 Å². The molecule has 4 nitrogen and oxygen atoms in total. The van der Waals surface area contributed by atoms with E-state index in [1.807, 2.05) is 67.1 Å². The summed E-state index contributed by atoms with van der Waals surface area (Å²) in [7, 11) is 0. The lowest BCUT2D eigenvalue weighted by Gasteiger charge is -2.17. The van der Waals surface area contributed by atoms with E-state index in [9.17, 15) is 4.79 Å². The number of Topliss-reactive ketones (excluding diaryl/α,β-unsaturated/α-hetero) is 1. The van der Waals surface area contributed by atoms with Crippen LogP contribution in [0.4, 0.5) is 0 Å². The molecule has 0 saturated heterocycles. The monoisotopic (exact) mass is 391 g/mol. The smallest absolute Gasteiger partial charge is 0.199 e. The molecule has 0 bridgehead atoms. The van der Waals surface area contributed by atoms with E-state index >= 15 is 0 Å². The van der Waals surface area contributed by atoms with Crippen molar-refractivity contribution in [1.82, 2.24) is 14.5 Å². The number of halogens is 1. The van der Waals surface area contributed by atoms with Gasteiger partial charge in [0.1, 0.15) is 0 Å². The summed E-state index contributed by atoms with van der Waals surface area (Å²) in [5.41, 5.74) is 3.12. The summed E-state index contributed by atoms with van der Waals surface area (Å²) in [5, 5.41) is 1.81. The average Bonchev–Trinajstić information content (AvgIpc) is 3.33. The second kappa shape index (κ2) is 7.64. The van der Waals surface area contributed by atoms with Gasteiger partial charge in [-0.2, -0.15) is 0 Å². The van der Waals surface area contributed by atoms with Gasteiger partial charge in [-0.3, -0.25) is 4.79 Å². The third-order valence-electron chi connectivity index (χ3n) is 5.06. The minimum absolute atomic E-state index is 0.0253. The molecule has 0 radical (unpaired) electrons. The fourth-order valence-corrected chi connectivity index (χ4v) is 3.73. The van der Waals surface area contributed by atoms with Crippen molar-refractivity contribution in [2.24, 2.45) is 0 Å². The molecule has 0 spiro atoms. The maximum absolute atomic E-state index is 13.1. The number of para-hydroxylation sites is 1. The molecule has 1 atom stereocenters. The van der Waals surface area contributed by atoms with Gasteiger partial charge in [-0.1, -0.05) is 41.9 Å². The van der Waals surface area contributed by atoms with Gasteiger partial charge in [0.25, 0.3) is 0 Å². The molecule has 0 aliphatic carbocycles. The van der Waals surface area contributed by atoms with Gasteiger partial charge in [0.15, 0.2) is 11.6 Å². The fraction of sp³-hybridized carbons (Fsp3) is 0.217. The predicted octanol–water partition coefficient (Wildman–Crippen LogP) is 6.00. The molecule has 0 fully saturated rings. The third kappa shape index (κ3) is 3.60. The zero-order valence-electron chi connectivity index (χ0n) is 15.9. The van der Waals surface area contributed by atoms with Gasteiger partial charge < -0.3 is 9.55 Å². The Balaban J connectivity index is 1.73. The molecule has 142 valence electrons. The summed E-state index contributed by atoms with van der Waals surface area (Å²) in [6.07, 6.45) is 3.88. The van der Waals surface area contributed by atoms with Crippen LogP contribution in [0.1, 0.15) is 54.1 Å². The lowest BCUT2D eigenvalue weighted by Crippen LogP contribution is -2.15. The molecule has 2 heterocycles. The van der Waals surface area contributed by atoms with Crippen LogP contribution in [0, 0.1) is 0 Å². The number of carbonyl (C=O) groups is 1. The number of nitrogens with one attached hydrogen (secondary N) is 1. The summed E-state index contributed by atoms with van der Waals surface area (Å²) in [4.78, 5) is 20.9. The van der Waals surface area contributed by atoms with Crippen molar-refractivity contribution in [3.05, 3.63) is 89.1 Å². The normalized spacial score (nSPS) is 12.6. The number of H-pyrrole nitrogens is 1. The molecule has 2 aromatic carbocycles. The molecule has 4 rings (SSSR count). The molecule has 0 amide bonds. The topological polar surface area (TPSA) is 50.7 Å². The summed E-state index contributed by atoms with van der Waals surface area (Å²) in [6.45, 7) is 4.10. The van der Waals surface area contributed by atoms with Crippen LogP contribution in [0.25, 0.3) is 10.9 Å². The number of carbonyl (C=O) groups excluding carboxylic acids is 1. The van der Waals surface area contributed by atoms with E-state index in [0.717, 1.165) is 22.2 Å². The van der Waals surface area contributed by atoms with E-state index in [1.54, 1.807) is 6.20 Å². The Morgan fingerprint density at radius 3 is 2.61 bits per heavy atom. The van der Waals surface area contributed by atoms with E-state index in [1.165, 1.54) is 0 Å². The van der Waals surface area contributed by atoms with Crippen molar-refractivity contribution in [3.63, 3.8) is 0 Å². The molecule has 0 unspecified atom stereocenters. The molecular weight excluding hydrogens is 370 g/mol. The first-order valence-corrected chi connectivity index (χ1v) is 9.80. The van der Waals surface area contributed by atoms with Crippen molar-refractivity contribution in [2.75, 3.05) is 0 Å². The number of benzene rings is 2. The zero-order chi connectivity index (χ0) is 19.7. The number of rotatable bonds is 6. The molecule has 0 saturated carbocycles. The van der Waals surface area contributed by atoms with Crippen LogP contribution in [0.3, 0.4) is 0 Å². The summed E-state index contributed by atoms with van der Waals surface area (Å²) >= 11 is 6.08. The van der Waals surface area contributed by atoms with Gasteiger partial charge in [0, 0.05) is 47.0 Å². The molecular formula is C23H22ClN3O. The number of nitrogens with zero attached hydrogens (tertiary/aromatic N) is 2. The molecule has 0 aliphatic rings. The molecule has 0 aliphatic heterocycles. The zero-order valence-corrected chi connectivity index (χ0v) is 16.6. The van der Waals surface area contributed by atoms with Gasteiger partial charge in [0.05, 0.1) is 0 Å². The quantitative estimate of drug-likeness (QED) is 0.409. The summed E-state index contributed by atoms with van der Waals surface area (Å²) in [5.74, 6) is 0.428. The molecule has 2 aromatic heterocycles. The minimum atomic E-state index is -0.102. The van der Waals surface area contributed by atoms with Crippen molar-refractivity contribution in [2.45, 2.75) is 32.2 Å². The van der Waals surface area contributed by atoms with E-state index in [0.29, 0.717) is 17.3 Å². The molecule has 1 N–H and O–H groups in total. The highest BCUT2D eigenvalue weighted by atomic mass is 35.5. The van der Waals surface area contributed by atoms with E-state index in [-0.39, 0.29) is 17.7 Å². The average molecular weight is 392 g/mol.